The van der Waals surface area contributed by atoms with Crippen molar-refractivity contribution in [3.05, 3.63) is 80.8 Å². The van der Waals surface area contributed by atoms with Crippen molar-refractivity contribution in [3.63, 3.8) is 0 Å². The fraction of sp³-hybridized carbons (Fsp3) is 0.227. The molecule has 0 saturated heterocycles. The third-order valence-corrected chi connectivity index (χ3v) is 6.07. The first kappa shape index (κ1) is 19.6. The minimum absolute atomic E-state index is 0.0430. The predicted molar refractivity (Wildman–Crippen MR) is 118 cm³/mol. The normalized spacial score (nSPS) is 11.1. The van der Waals surface area contributed by atoms with Gasteiger partial charge in [0, 0.05) is 28.7 Å². The first-order valence-electron chi connectivity index (χ1n) is 9.45. The van der Waals surface area contributed by atoms with E-state index in [4.69, 9.17) is 11.6 Å². The number of halogens is 1. The van der Waals surface area contributed by atoms with E-state index in [0.717, 1.165) is 22.3 Å². The largest absolute Gasteiger partial charge is 0.335 e. The van der Waals surface area contributed by atoms with Crippen molar-refractivity contribution in [2.24, 2.45) is 0 Å². The second-order valence-electron chi connectivity index (χ2n) is 6.84. The fourth-order valence-corrected chi connectivity index (χ4v) is 4.23. The van der Waals surface area contributed by atoms with Crippen LogP contribution in [0.25, 0.3) is 11.0 Å². The van der Waals surface area contributed by atoms with Crippen LogP contribution in [0.5, 0.6) is 0 Å². The highest BCUT2D eigenvalue weighted by Crippen LogP contribution is 2.23. The average Bonchev–Trinajstić information content (AvgIpc) is 3.37. The summed E-state index contributed by atoms with van der Waals surface area (Å²) in [6.07, 6.45) is 1.74. The maximum atomic E-state index is 13.4. The molecule has 0 bridgehead atoms. The van der Waals surface area contributed by atoms with Gasteiger partial charge in [0.2, 0.25) is 0 Å². The third kappa shape index (κ3) is 4.04. The van der Waals surface area contributed by atoms with Crippen molar-refractivity contribution >= 4 is 39.9 Å². The van der Waals surface area contributed by atoms with Gasteiger partial charge in [0.05, 0.1) is 23.7 Å². The van der Waals surface area contributed by atoms with Crippen LogP contribution in [0.2, 0.25) is 5.02 Å². The van der Waals surface area contributed by atoms with Gasteiger partial charge in [0.15, 0.2) is 5.65 Å². The lowest BCUT2D eigenvalue weighted by Crippen LogP contribution is -2.30. The summed E-state index contributed by atoms with van der Waals surface area (Å²) in [6.45, 7) is 5.56. The zero-order valence-electron chi connectivity index (χ0n) is 16.3. The molecule has 1 aromatic carbocycles. The van der Waals surface area contributed by atoms with E-state index < -0.39 is 0 Å². The van der Waals surface area contributed by atoms with Gasteiger partial charge in [-0.2, -0.15) is 5.10 Å². The highest BCUT2D eigenvalue weighted by Gasteiger charge is 2.21. The number of amides is 1. The molecule has 0 aliphatic heterocycles. The molecule has 0 spiro atoms. The minimum Gasteiger partial charge on any atom is -0.335 e. The highest BCUT2D eigenvalue weighted by atomic mass is 35.5. The van der Waals surface area contributed by atoms with Crippen LogP contribution in [-0.4, -0.2) is 32.1 Å². The van der Waals surface area contributed by atoms with Gasteiger partial charge in [0.1, 0.15) is 0 Å². The second kappa shape index (κ2) is 8.35. The Hall–Kier alpha value is -2.70. The summed E-state index contributed by atoms with van der Waals surface area (Å²) in [7, 11) is 0. The maximum absolute atomic E-state index is 13.4. The maximum Gasteiger partial charge on any atom is 0.255 e. The molecule has 148 valence electrons. The number of nitrogens with zero attached hydrogens (tertiary/aromatic N) is 4. The molecular weight excluding hydrogens is 404 g/mol. The Morgan fingerprint density at radius 1 is 1.24 bits per heavy atom. The number of carbonyl (C=O) groups excluding carboxylic acids is 1. The Labute approximate surface area is 178 Å². The summed E-state index contributed by atoms with van der Waals surface area (Å²) < 4.78 is 1.86. The van der Waals surface area contributed by atoms with Gasteiger partial charge in [-0.1, -0.05) is 35.9 Å². The predicted octanol–water partition coefficient (Wildman–Crippen LogP) is 5.17. The zero-order valence-corrected chi connectivity index (χ0v) is 17.9. The van der Waals surface area contributed by atoms with Gasteiger partial charge in [0.25, 0.3) is 5.91 Å². The molecule has 1 amide bonds. The molecule has 0 unspecified atom stereocenters. The van der Waals surface area contributed by atoms with Crippen LogP contribution in [0.4, 0.5) is 0 Å². The van der Waals surface area contributed by atoms with Crippen molar-refractivity contribution in [3.8, 4) is 0 Å². The Morgan fingerprint density at radius 2 is 2.07 bits per heavy atom. The molecule has 7 heteroatoms. The van der Waals surface area contributed by atoms with Crippen molar-refractivity contribution in [2.75, 3.05) is 6.54 Å². The van der Waals surface area contributed by atoms with Gasteiger partial charge < -0.3 is 4.90 Å². The van der Waals surface area contributed by atoms with E-state index in [2.05, 4.69) is 16.1 Å². The van der Waals surface area contributed by atoms with Gasteiger partial charge in [-0.25, -0.2) is 9.67 Å². The lowest BCUT2D eigenvalue weighted by molar-refractivity contribution is 0.0754. The molecule has 29 heavy (non-hydrogen) atoms. The molecule has 5 nitrogen and oxygen atoms in total. The Kier molecular flexibility index (Phi) is 5.65. The molecule has 0 atom stereocenters. The Morgan fingerprint density at radius 3 is 2.79 bits per heavy atom. The van der Waals surface area contributed by atoms with Crippen molar-refractivity contribution in [1.29, 1.82) is 0 Å². The number of thiophene rings is 1. The number of aromatic nitrogens is 3. The Bertz CT molecular complexity index is 1150. The monoisotopic (exact) mass is 424 g/mol. The summed E-state index contributed by atoms with van der Waals surface area (Å²) in [5.41, 5.74) is 3.08. The highest BCUT2D eigenvalue weighted by molar-refractivity contribution is 7.09. The van der Waals surface area contributed by atoms with Crippen LogP contribution in [-0.2, 0) is 13.1 Å². The molecule has 3 aromatic heterocycles. The average molecular weight is 425 g/mol. The lowest BCUT2D eigenvalue weighted by Gasteiger charge is -2.22. The number of benzene rings is 1. The lowest BCUT2D eigenvalue weighted by atomic mass is 10.1. The van der Waals surface area contributed by atoms with Crippen molar-refractivity contribution in [2.45, 2.75) is 26.9 Å². The van der Waals surface area contributed by atoms with Crippen molar-refractivity contribution < 1.29 is 4.79 Å². The number of aryl methyl sites for hydroxylation is 1. The number of pyridine rings is 1. The van der Waals surface area contributed by atoms with Crippen LogP contribution < -0.4 is 0 Å². The zero-order chi connectivity index (χ0) is 20.4. The first-order chi connectivity index (χ1) is 14.1. The smallest absolute Gasteiger partial charge is 0.255 e. The molecule has 3 heterocycles. The number of hydrogen-bond donors (Lipinski definition) is 0. The summed E-state index contributed by atoms with van der Waals surface area (Å²) in [4.78, 5) is 21.1. The molecule has 0 saturated carbocycles. The van der Waals surface area contributed by atoms with E-state index in [0.29, 0.717) is 30.2 Å². The number of hydrogen-bond acceptors (Lipinski definition) is 4. The standard InChI is InChI=1S/C22H21ClN4OS/c1-3-26(13-16-7-4-5-9-20(16)23)22(28)18-11-15(2)25-21-19(18)12-24-27(21)14-17-8-6-10-29-17/h4-12H,3,13-14H2,1-2H3. The van der Waals surface area contributed by atoms with E-state index in [1.54, 1.807) is 22.4 Å². The fourth-order valence-electron chi connectivity index (χ4n) is 3.35. The Balaban J connectivity index is 1.69. The number of fused-ring (bicyclic) bond motifs is 1. The van der Waals surface area contributed by atoms with Crippen LogP contribution in [0.15, 0.2) is 54.0 Å². The molecule has 4 aromatic rings. The SMILES string of the molecule is CCN(Cc1ccccc1Cl)C(=O)c1cc(C)nc2c1cnn2Cc1cccs1. The van der Waals surface area contributed by atoms with E-state index in [9.17, 15) is 4.79 Å². The van der Waals surface area contributed by atoms with E-state index in [1.807, 2.05) is 60.3 Å². The first-order valence-corrected chi connectivity index (χ1v) is 10.7. The summed E-state index contributed by atoms with van der Waals surface area (Å²) in [5.74, 6) is -0.0430. The molecule has 0 aliphatic carbocycles. The summed E-state index contributed by atoms with van der Waals surface area (Å²) in [6, 6.07) is 13.6. The van der Waals surface area contributed by atoms with Crippen LogP contribution >= 0.6 is 22.9 Å². The van der Waals surface area contributed by atoms with Gasteiger partial charge in [-0.15, -0.1) is 11.3 Å². The third-order valence-electron chi connectivity index (χ3n) is 4.84. The number of carbonyl (C=O) groups is 1. The van der Waals surface area contributed by atoms with Crippen LogP contribution in [0, 0.1) is 6.92 Å². The van der Waals surface area contributed by atoms with Gasteiger partial charge >= 0.3 is 0 Å². The molecular formula is C22H21ClN4OS. The topological polar surface area (TPSA) is 51.0 Å². The van der Waals surface area contributed by atoms with Gasteiger partial charge in [-0.3, -0.25) is 4.79 Å². The van der Waals surface area contributed by atoms with Gasteiger partial charge in [-0.05, 0) is 43.0 Å². The quantitative estimate of drug-likeness (QED) is 0.429. The molecule has 0 aliphatic rings. The second-order valence-corrected chi connectivity index (χ2v) is 8.28. The minimum atomic E-state index is -0.0430. The molecule has 0 N–H and O–H groups in total. The number of rotatable bonds is 6. The molecule has 0 fully saturated rings. The van der Waals surface area contributed by atoms with Crippen molar-refractivity contribution in [1.82, 2.24) is 19.7 Å². The molecule has 4 rings (SSSR count). The molecule has 0 radical (unpaired) electrons. The van der Waals surface area contributed by atoms with Crippen LogP contribution in [0.1, 0.15) is 33.4 Å². The van der Waals surface area contributed by atoms with E-state index in [-0.39, 0.29) is 5.91 Å². The van der Waals surface area contributed by atoms with E-state index in [1.165, 1.54) is 4.88 Å². The summed E-state index contributed by atoms with van der Waals surface area (Å²) in [5, 5.41) is 7.99. The van der Waals surface area contributed by atoms with Crippen LogP contribution in [0.3, 0.4) is 0 Å². The summed E-state index contributed by atoms with van der Waals surface area (Å²) >= 11 is 7.99. The van der Waals surface area contributed by atoms with E-state index >= 15 is 0 Å².